The van der Waals surface area contributed by atoms with Gasteiger partial charge in [-0.25, -0.2) is 13.8 Å². The molecule has 1 atom stereocenters. The average molecular weight is 325 g/mol. The van der Waals surface area contributed by atoms with E-state index in [9.17, 15) is 8.78 Å². The summed E-state index contributed by atoms with van der Waals surface area (Å²) in [6.45, 7) is -0.841. The predicted molar refractivity (Wildman–Crippen MR) is 78.1 cm³/mol. The molecule has 114 valence electrons. The molecule has 4 nitrogen and oxygen atoms in total. The molecular weight excluding hydrogens is 314 g/mol. The maximum atomic E-state index is 13.5. The van der Waals surface area contributed by atoms with E-state index in [2.05, 4.69) is 10.1 Å². The minimum absolute atomic E-state index is 0.0287. The molecule has 2 aromatic rings. The van der Waals surface area contributed by atoms with Crippen molar-refractivity contribution in [2.75, 3.05) is 13.3 Å². The van der Waals surface area contributed by atoms with Crippen molar-refractivity contribution in [3.8, 4) is 17.0 Å². The lowest BCUT2D eigenvalue weighted by molar-refractivity contribution is 0.264. The number of halogens is 3. The number of pyridine rings is 1. The van der Waals surface area contributed by atoms with E-state index in [-0.39, 0.29) is 17.6 Å². The smallest absolute Gasteiger partial charge is 0.150 e. The van der Waals surface area contributed by atoms with Crippen molar-refractivity contribution in [3.05, 3.63) is 46.9 Å². The summed E-state index contributed by atoms with van der Waals surface area (Å²) in [6.07, 6.45) is 1.09. The highest BCUT2D eigenvalue weighted by Gasteiger charge is 2.42. The summed E-state index contributed by atoms with van der Waals surface area (Å²) < 4.78 is 32.2. The molecule has 0 aliphatic carbocycles. The number of nitrogens with zero attached hydrogens (tertiary/aromatic N) is 2. The van der Waals surface area contributed by atoms with Crippen LogP contribution in [-0.4, -0.2) is 29.7 Å². The first-order chi connectivity index (χ1) is 10.6. The molecule has 7 heteroatoms. The number of hydrogen-bond donors (Lipinski definition) is 1. The summed E-state index contributed by atoms with van der Waals surface area (Å²) in [4.78, 5) is 4.19. The Hall–Kier alpha value is -2.21. The Balaban J connectivity index is 2.20. The molecule has 22 heavy (non-hydrogen) atoms. The van der Waals surface area contributed by atoms with Gasteiger partial charge in [-0.15, -0.1) is 5.16 Å². The molecule has 0 fully saturated rings. The molecule has 0 saturated carbocycles. The van der Waals surface area contributed by atoms with Gasteiger partial charge in [-0.3, -0.25) is 0 Å². The van der Waals surface area contributed by atoms with Gasteiger partial charge in [0.05, 0.1) is 11.6 Å². The van der Waals surface area contributed by atoms with Gasteiger partial charge in [0, 0.05) is 11.1 Å². The molecule has 2 heterocycles. The van der Waals surface area contributed by atoms with Crippen molar-refractivity contribution in [1.82, 2.24) is 4.98 Å². The van der Waals surface area contributed by atoms with E-state index < -0.39 is 12.1 Å². The normalized spacial score (nSPS) is 20.1. The Morgan fingerprint density at radius 1 is 1.41 bits per heavy atom. The number of oxime groups is 1. The van der Waals surface area contributed by atoms with Gasteiger partial charge in [-0.2, -0.15) is 0 Å². The third kappa shape index (κ3) is 2.29. The molecule has 0 bridgehead atoms. The minimum Gasteiger partial charge on any atom is -0.490 e. The van der Waals surface area contributed by atoms with Crippen molar-refractivity contribution in [2.45, 2.75) is 5.41 Å². The molecule has 0 radical (unpaired) electrons. The SMILES string of the molecule is O/N=C/C1(CF)COc2c1cc(Cl)nc2-c1ccc(F)cc1. The number of rotatable bonds is 3. The second-order valence-electron chi connectivity index (χ2n) is 5.00. The number of benzene rings is 1. The number of ether oxygens (including phenoxy) is 1. The molecule has 0 spiro atoms. The van der Waals surface area contributed by atoms with Crippen LogP contribution in [0.2, 0.25) is 5.15 Å². The fraction of sp³-hybridized carbons (Fsp3) is 0.200. The fourth-order valence-corrected chi connectivity index (χ4v) is 2.66. The molecular formula is C15H11ClF2N2O2. The van der Waals surface area contributed by atoms with Crippen LogP contribution in [0, 0.1) is 5.82 Å². The van der Waals surface area contributed by atoms with E-state index in [1.165, 1.54) is 30.3 Å². The number of alkyl halides is 1. The van der Waals surface area contributed by atoms with E-state index in [1.54, 1.807) is 0 Å². The average Bonchev–Trinajstić information content (AvgIpc) is 2.87. The molecule has 1 aliphatic rings. The Bertz CT molecular complexity index is 737. The maximum Gasteiger partial charge on any atom is 0.150 e. The van der Waals surface area contributed by atoms with Crippen molar-refractivity contribution in [3.63, 3.8) is 0 Å². The lowest BCUT2D eigenvalue weighted by Crippen LogP contribution is -2.32. The van der Waals surface area contributed by atoms with Gasteiger partial charge in [0.2, 0.25) is 0 Å². The molecule has 1 N–H and O–H groups in total. The molecule has 1 aromatic carbocycles. The van der Waals surface area contributed by atoms with E-state index in [0.717, 1.165) is 6.21 Å². The van der Waals surface area contributed by atoms with E-state index >= 15 is 0 Å². The zero-order valence-corrected chi connectivity index (χ0v) is 12.0. The van der Waals surface area contributed by atoms with E-state index in [0.29, 0.717) is 22.6 Å². The van der Waals surface area contributed by atoms with Crippen molar-refractivity contribution in [2.24, 2.45) is 5.16 Å². The molecule has 1 unspecified atom stereocenters. The fourth-order valence-electron chi connectivity index (χ4n) is 2.46. The highest BCUT2D eigenvalue weighted by atomic mass is 35.5. The number of fused-ring (bicyclic) bond motifs is 1. The molecule has 3 rings (SSSR count). The second-order valence-corrected chi connectivity index (χ2v) is 5.39. The third-order valence-corrected chi connectivity index (χ3v) is 3.81. The summed E-state index contributed by atoms with van der Waals surface area (Å²) in [6, 6.07) is 7.13. The molecule has 0 amide bonds. The number of hydrogen-bond acceptors (Lipinski definition) is 4. The quantitative estimate of drug-likeness (QED) is 0.406. The van der Waals surface area contributed by atoms with Crippen LogP contribution in [-0.2, 0) is 5.41 Å². The zero-order valence-electron chi connectivity index (χ0n) is 11.3. The van der Waals surface area contributed by atoms with Crippen LogP contribution in [0.1, 0.15) is 5.56 Å². The Morgan fingerprint density at radius 3 is 2.77 bits per heavy atom. The van der Waals surface area contributed by atoms with Crippen LogP contribution in [0.3, 0.4) is 0 Å². The van der Waals surface area contributed by atoms with Gasteiger partial charge < -0.3 is 9.94 Å². The van der Waals surface area contributed by atoms with Gasteiger partial charge in [0.1, 0.15) is 35.7 Å². The monoisotopic (exact) mass is 324 g/mol. The maximum absolute atomic E-state index is 13.5. The standard InChI is InChI=1S/C15H11ClF2N2O2/c16-12-5-11-14(22-8-15(11,6-17)7-19-21)13(20-12)9-1-3-10(18)4-2-9/h1-5,7,21H,6,8H2/b19-7+. The third-order valence-electron chi connectivity index (χ3n) is 3.61. The van der Waals surface area contributed by atoms with E-state index in [1.807, 2.05) is 0 Å². The lowest BCUT2D eigenvalue weighted by Gasteiger charge is -2.18. The van der Waals surface area contributed by atoms with Crippen LogP contribution >= 0.6 is 11.6 Å². The topological polar surface area (TPSA) is 54.7 Å². The van der Waals surface area contributed by atoms with Gasteiger partial charge >= 0.3 is 0 Å². The molecule has 0 saturated heterocycles. The summed E-state index contributed by atoms with van der Waals surface area (Å²) in [5.74, 6) is -0.0255. The first kappa shape index (κ1) is 14.7. The molecule has 1 aromatic heterocycles. The lowest BCUT2D eigenvalue weighted by atomic mass is 9.85. The zero-order chi connectivity index (χ0) is 15.7. The van der Waals surface area contributed by atoms with Gasteiger partial charge in [-0.05, 0) is 30.3 Å². The Kier molecular flexibility index (Phi) is 3.70. The van der Waals surface area contributed by atoms with E-state index in [4.69, 9.17) is 21.5 Å². The van der Waals surface area contributed by atoms with Gasteiger partial charge in [0.15, 0.2) is 0 Å². The largest absolute Gasteiger partial charge is 0.490 e. The van der Waals surface area contributed by atoms with Crippen molar-refractivity contribution in [1.29, 1.82) is 0 Å². The Morgan fingerprint density at radius 2 is 2.14 bits per heavy atom. The van der Waals surface area contributed by atoms with Gasteiger partial charge in [0.25, 0.3) is 0 Å². The minimum atomic E-state index is -1.20. The predicted octanol–water partition coefficient (Wildman–Crippen LogP) is 3.60. The highest BCUT2D eigenvalue weighted by molar-refractivity contribution is 6.29. The highest BCUT2D eigenvalue weighted by Crippen LogP contribution is 2.44. The van der Waals surface area contributed by atoms with Crippen LogP contribution in [0.25, 0.3) is 11.3 Å². The van der Waals surface area contributed by atoms with Crippen LogP contribution in [0.15, 0.2) is 35.5 Å². The van der Waals surface area contributed by atoms with Gasteiger partial charge in [-0.1, -0.05) is 11.6 Å². The van der Waals surface area contributed by atoms with Crippen LogP contribution in [0.4, 0.5) is 8.78 Å². The first-order valence-electron chi connectivity index (χ1n) is 6.44. The summed E-state index contributed by atoms with van der Waals surface area (Å²) in [7, 11) is 0. The Labute approximate surface area is 130 Å². The second kappa shape index (κ2) is 5.53. The summed E-state index contributed by atoms with van der Waals surface area (Å²) in [5.41, 5.74) is 0.234. The summed E-state index contributed by atoms with van der Waals surface area (Å²) >= 11 is 6.02. The first-order valence-corrected chi connectivity index (χ1v) is 6.82. The summed E-state index contributed by atoms with van der Waals surface area (Å²) in [5, 5.41) is 11.9. The van der Waals surface area contributed by atoms with Crippen LogP contribution < -0.4 is 4.74 Å². The van der Waals surface area contributed by atoms with Crippen molar-refractivity contribution >= 4 is 17.8 Å². The molecule has 1 aliphatic heterocycles. The van der Waals surface area contributed by atoms with Crippen molar-refractivity contribution < 1.29 is 18.7 Å². The number of aromatic nitrogens is 1. The van der Waals surface area contributed by atoms with Crippen LogP contribution in [0.5, 0.6) is 5.75 Å².